The highest BCUT2D eigenvalue weighted by atomic mass is 35.5. The van der Waals surface area contributed by atoms with Gasteiger partial charge in [-0.1, -0.05) is 12.1 Å². The fraction of sp³-hybridized carbons (Fsp3) is 0.619. The van der Waals surface area contributed by atoms with Crippen LogP contribution in [0.4, 0.5) is 0 Å². The third-order valence-electron chi connectivity index (χ3n) is 5.93. The Labute approximate surface area is 167 Å². The van der Waals surface area contributed by atoms with Crippen molar-refractivity contribution in [1.29, 1.82) is 0 Å². The minimum Gasteiger partial charge on any atom is -0.481 e. The zero-order valence-electron chi connectivity index (χ0n) is 15.8. The highest BCUT2D eigenvalue weighted by molar-refractivity contribution is 5.94. The molecule has 0 unspecified atom stereocenters. The molecule has 27 heavy (non-hydrogen) atoms. The SMILES string of the molecule is Cl.O=C(O)CC[C@H]1CC[C@@H](NC(=O)c2ccc(C3CCNCC3)cc2)CC1. The number of halogens is 1. The van der Waals surface area contributed by atoms with Crippen LogP contribution in [0.25, 0.3) is 0 Å². The van der Waals surface area contributed by atoms with Gasteiger partial charge in [-0.15, -0.1) is 12.4 Å². The van der Waals surface area contributed by atoms with Crippen molar-refractivity contribution in [3.05, 3.63) is 35.4 Å². The van der Waals surface area contributed by atoms with E-state index in [2.05, 4.69) is 22.8 Å². The molecule has 1 saturated heterocycles. The van der Waals surface area contributed by atoms with Crippen LogP contribution in [0.15, 0.2) is 24.3 Å². The Morgan fingerprint density at radius 2 is 1.63 bits per heavy atom. The number of carboxylic acids is 1. The molecule has 6 heteroatoms. The Hall–Kier alpha value is -1.59. The van der Waals surface area contributed by atoms with Crippen molar-refractivity contribution in [2.75, 3.05) is 13.1 Å². The van der Waals surface area contributed by atoms with Gasteiger partial charge in [0.25, 0.3) is 5.91 Å². The van der Waals surface area contributed by atoms with E-state index in [1.807, 2.05) is 12.1 Å². The average Bonchev–Trinajstić information content (AvgIpc) is 2.68. The van der Waals surface area contributed by atoms with Gasteiger partial charge in [-0.25, -0.2) is 0 Å². The molecule has 1 aliphatic carbocycles. The number of nitrogens with one attached hydrogen (secondary N) is 2. The van der Waals surface area contributed by atoms with Crippen LogP contribution in [0.2, 0.25) is 0 Å². The Morgan fingerprint density at radius 1 is 1.00 bits per heavy atom. The van der Waals surface area contributed by atoms with E-state index in [0.29, 0.717) is 11.8 Å². The number of hydrogen-bond donors (Lipinski definition) is 3. The zero-order valence-corrected chi connectivity index (χ0v) is 16.6. The van der Waals surface area contributed by atoms with Crippen LogP contribution >= 0.6 is 12.4 Å². The van der Waals surface area contributed by atoms with Gasteiger partial charge < -0.3 is 15.7 Å². The van der Waals surface area contributed by atoms with Crippen molar-refractivity contribution in [3.8, 4) is 0 Å². The molecule has 1 amide bonds. The third-order valence-corrected chi connectivity index (χ3v) is 5.93. The molecule has 150 valence electrons. The monoisotopic (exact) mass is 394 g/mol. The number of carboxylic acid groups (broad SMARTS) is 1. The summed E-state index contributed by atoms with van der Waals surface area (Å²) in [4.78, 5) is 23.2. The second-order valence-corrected chi connectivity index (χ2v) is 7.77. The van der Waals surface area contributed by atoms with Gasteiger partial charge in [0.05, 0.1) is 0 Å². The average molecular weight is 395 g/mol. The fourth-order valence-electron chi connectivity index (χ4n) is 4.25. The molecule has 1 saturated carbocycles. The smallest absolute Gasteiger partial charge is 0.303 e. The molecule has 2 aliphatic rings. The van der Waals surface area contributed by atoms with Gasteiger partial charge in [0.2, 0.25) is 0 Å². The molecule has 0 aromatic heterocycles. The first-order chi connectivity index (χ1) is 12.6. The van der Waals surface area contributed by atoms with Gasteiger partial charge in [0.1, 0.15) is 0 Å². The summed E-state index contributed by atoms with van der Waals surface area (Å²) in [7, 11) is 0. The lowest BCUT2D eigenvalue weighted by Gasteiger charge is -2.29. The first-order valence-corrected chi connectivity index (χ1v) is 9.95. The van der Waals surface area contributed by atoms with E-state index in [9.17, 15) is 9.59 Å². The molecule has 1 aromatic carbocycles. The van der Waals surface area contributed by atoms with Crippen LogP contribution in [0, 0.1) is 5.92 Å². The van der Waals surface area contributed by atoms with Crippen molar-refractivity contribution in [2.45, 2.75) is 63.3 Å². The topological polar surface area (TPSA) is 78.4 Å². The largest absolute Gasteiger partial charge is 0.481 e. The standard InChI is InChI=1S/C21H30N2O3.ClH/c24-20(25)10-3-15-1-8-19(9-2-15)23-21(26)18-6-4-16(5-7-18)17-11-13-22-14-12-17;/h4-7,15,17,19,22H,1-3,8-14H2,(H,23,26)(H,24,25);1H/t15-,19+;. The maximum atomic E-state index is 12.5. The molecule has 0 radical (unpaired) electrons. The maximum Gasteiger partial charge on any atom is 0.303 e. The Bertz CT molecular complexity index is 606. The first kappa shape index (κ1) is 21.7. The van der Waals surface area contributed by atoms with Crippen molar-refractivity contribution in [3.63, 3.8) is 0 Å². The molecule has 3 rings (SSSR count). The number of piperidine rings is 1. The highest BCUT2D eigenvalue weighted by Gasteiger charge is 2.23. The van der Waals surface area contributed by atoms with Crippen molar-refractivity contribution < 1.29 is 14.7 Å². The summed E-state index contributed by atoms with van der Waals surface area (Å²) in [6.07, 6.45) is 7.25. The number of carbonyl (C=O) groups is 2. The molecule has 3 N–H and O–H groups in total. The van der Waals surface area contributed by atoms with Crippen LogP contribution in [0.3, 0.4) is 0 Å². The summed E-state index contributed by atoms with van der Waals surface area (Å²) >= 11 is 0. The van der Waals surface area contributed by atoms with Gasteiger partial charge in [0.15, 0.2) is 0 Å². The van der Waals surface area contributed by atoms with Crippen molar-refractivity contribution in [1.82, 2.24) is 10.6 Å². The molecule has 2 fully saturated rings. The molecule has 5 nitrogen and oxygen atoms in total. The summed E-state index contributed by atoms with van der Waals surface area (Å²) in [6, 6.07) is 8.32. The van der Waals surface area contributed by atoms with Crippen LogP contribution in [0.1, 0.15) is 73.2 Å². The van der Waals surface area contributed by atoms with Crippen LogP contribution in [-0.2, 0) is 4.79 Å². The molecule has 1 heterocycles. The number of rotatable bonds is 6. The number of amides is 1. The van der Waals surface area contributed by atoms with E-state index >= 15 is 0 Å². The first-order valence-electron chi connectivity index (χ1n) is 9.95. The van der Waals surface area contributed by atoms with E-state index in [1.165, 1.54) is 5.56 Å². The van der Waals surface area contributed by atoms with Crippen LogP contribution < -0.4 is 10.6 Å². The Balaban J connectivity index is 0.00000261. The zero-order chi connectivity index (χ0) is 18.4. The molecular weight excluding hydrogens is 364 g/mol. The van der Waals surface area contributed by atoms with Crippen LogP contribution in [-0.4, -0.2) is 36.1 Å². The fourth-order valence-corrected chi connectivity index (χ4v) is 4.25. The Kier molecular flexibility index (Phi) is 8.58. The van der Waals surface area contributed by atoms with Gasteiger partial charge in [-0.05, 0) is 87.6 Å². The molecular formula is C21H31ClN2O3. The molecule has 1 aromatic rings. The van der Waals surface area contributed by atoms with Crippen molar-refractivity contribution >= 4 is 24.3 Å². The van der Waals surface area contributed by atoms with Gasteiger partial charge in [-0.2, -0.15) is 0 Å². The van der Waals surface area contributed by atoms with E-state index in [1.54, 1.807) is 0 Å². The molecule has 1 aliphatic heterocycles. The lowest BCUT2D eigenvalue weighted by atomic mass is 9.83. The summed E-state index contributed by atoms with van der Waals surface area (Å²) < 4.78 is 0. The predicted molar refractivity (Wildman–Crippen MR) is 109 cm³/mol. The number of benzene rings is 1. The minimum atomic E-state index is -0.714. The quantitative estimate of drug-likeness (QED) is 0.686. The summed E-state index contributed by atoms with van der Waals surface area (Å²) in [5, 5.41) is 15.3. The minimum absolute atomic E-state index is 0. The lowest BCUT2D eigenvalue weighted by Crippen LogP contribution is -2.37. The maximum absolute atomic E-state index is 12.5. The second kappa shape index (κ2) is 10.7. The van der Waals surface area contributed by atoms with Crippen molar-refractivity contribution in [2.24, 2.45) is 5.92 Å². The predicted octanol–water partition coefficient (Wildman–Crippen LogP) is 3.73. The second-order valence-electron chi connectivity index (χ2n) is 7.77. The van der Waals surface area contributed by atoms with E-state index < -0.39 is 5.97 Å². The van der Waals surface area contributed by atoms with Gasteiger partial charge >= 0.3 is 5.97 Å². The molecule has 0 atom stereocenters. The summed E-state index contributed by atoms with van der Waals surface area (Å²) in [6.45, 7) is 2.14. The number of carbonyl (C=O) groups excluding carboxylic acids is 1. The lowest BCUT2D eigenvalue weighted by molar-refractivity contribution is -0.137. The van der Waals surface area contributed by atoms with Gasteiger partial charge in [-0.3, -0.25) is 9.59 Å². The summed E-state index contributed by atoms with van der Waals surface area (Å²) in [5.74, 6) is 0.391. The Morgan fingerprint density at radius 3 is 2.22 bits per heavy atom. The molecule has 0 bridgehead atoms. The van der Waals surface area contributed by atoms with E-state index in [-0.39, 0.29) is 30.8 Å². The molecule has 0 spiro atoms. The normalized spacial score (nSPS) is 23.3. The third kappa shape index (κ3) is 6.51. The van der Waals surface area contributed by atoms with Gasteiger partial charge in [0, 0.05) is 18.0 Å². The highest BCUT2D eigenvalue weighted by Crippen LogP contribution is 2.28. The number of hydrogen-bond acceptors (Lipinski definition) is 3. The van der Waals surface area contributed by atoms with E-state index in [0.717, 1.165) is 63.6 Å². The summed E-state index contributed by atoms with van der Waals surface area (Å²) in [5.41, 5.74) is 2.07. The van der Waals surface area contributed by atoms with Crippen LogP contribution in [0.5, 0.6) is 0 Å². The van der Waals surface area contributed by atoms with E-state index in [4.69, 9.17) is 5.11 Å². The number of aliphatic carboxylic acids is 1.